The number of rotatable bonds is 6. The number of hydrogen-bond donors (Lipinski definition) is 1. The average molecular weight is 382 g/mol. The predicted octanol–water partition coefficient (Wildman–Crippen LogP) is 3.13. The Morgan fingerprint density at radius 3 is 2.46 bits per heavy atom. The summed E-state index contributed by atoms with van der Waals surface area (Å²) in [6.45, 7) is 6.49. The first kappa shape index (κ1) is 20.0. The minimum absolute atomic E-state index is 0.0112. The predicted molar refractivity (Wildman–Crippen MR) is 109 cm³/mol. The number of carbonyl (C=O) groups is 1. The van der Waals surface area contributed by atoms with E-state index in [1.54, 1.807) is 12.1 Å². The molecule has 2 aromatic rings. The molecule has 1 unspecified atom stereocenters. The summed E-state index contributed by atoms with van der Waals surface area (Å²) in [5.74, 6) is -0.0923. The van der Waals surface area contributed by atoms with Gasteiger partial charge in [0.15, 0.2) is 0 Å². The summed E-state index contributed by atoms with van der Waals surface area (Å²) in [7, 11) is 0. The van der Waals surface area contributed by atoms with Gasteiger partial charge in [0.1, 0.15) is 0 Å². The number of nitrogens with zero attached hydrogens (tertiary/aromatic N) is 3. The van der Waals surface area contributed by atoms with Crippen LogP contribution in [0.15, 0.2) is 54.6 Å². The molecule has 0 bridgehead atoms. The summed E-state index contributed by atoms with van der Waals surface area (Å²) >= 11 is 0. The van der Waals surface area contributed by atoms with Crippen LogP contribution in [-0.2, 0) is 11.3 Å². The van der Waals surface area contributed by atoms with E-state index < -0.39 is 4.92 Å². The molecule has 1 amide bonds. The van der Waals surface area contributed by atoms with Crippen LogP contribution < -0.4 is 5.32 Å². The standard InChI is InChI=1S/C21H26N4O3/c1-17(21(26)22-19-8-10-20(11-9-19)25(27)28)24-13-5-12-23(14-15-24)16-18-6-3-2-4-7-18/h2-4,6-11,17H,5,12-16H2,1H3,(H,22,26). The molecule has 1 fully saturated rings. The highest BCUT2D eigenvalue weighted by Gasteiger charge is 2.24. The lowest BCUT2D eigenvalue weighted by atomic mass is 10.2. The van der Waals surface area contributed by atoms with E-state index in [0.29, 0.717) is 5.69 Å². The molecule has 148 valence electrons. The van der Waals surface area contributed by atoms with Crippen LogP contribution in [0.1, 0.15) is 18.9 Å². The molecule has 1 heterocycles. The first-order valence-corrected chi connectivity index (χ1v) is 9.58. The first-order chi connectivity index (χ1) is 13.5. The number of nitrogens with one attached hydrogen (secondary N) is 1. The molecule has 3 rings (SSSR count). The zero-order valence-corrected chi connectivity index (χ0v) is 16.1. The fraction of sp³-hybridized carbons (Fsp3) is 0.381. The molecule has 0 aromatic heterocycles. The minimum atomic E-state index is -0.452. The summed E-state index contributed by atoms with van der Waals surface area (Å²) in [6.07, 6.45) is 1.02. The fourth-order valence-corrected chi connectivity index (χ4v) is 3.46. The summed E-state index contributed by atoms with van der Waals surface area (Å²) < 4.78 is 0. The number of carbonyl (C=O) groups excluding carboxylic acids is 1. The van der Waals surface area contributed by atoms with Gasteiger partial charge >= 0.3 is 0 Å². The quantitative estimate of drug-likeness (QED) is 0.613. The van der Waals surface area contributed by atoms with Crippen molar-refractivity contribution >= 4 is 17.3 Å². The highest BCUT2D eigenvalue weighted by molar-refractivity contribution is 5.94. The first-order valence-electron chi connectivity index (χ1n) is 9.58. The van der Waals surface area contributed by atoms with Gasteiger partial charge in [-0.3, -0.25) is 24.7 Å². The van der Waals surface area contributed by atoms with Crippen molar-refractivity contribution in [3.05, 3.63) is 70.3 Å². The Kier molecular flexibility index (Phi) is 6.73. The van der Waals surface area contributed by atoms with Crippen LogP contribution in [0.2, 0.25) is 0 Å². The topological polar surface area (TPSA) is 78.7 Å². The largest absolute Gasteiger partial charge is 0.325 e. The van der Waals surface area contributed by atoms with Crippen molar-refractivity contribution in [1.82, 2.24) is 9.80 Å². The zero-order valence-electron chi connectivity index (χ0n) is 16.1. The number of amides is 1. The summed E-state index contributed by atoms with van der Waals surface area (Å²) in [6, 6.07) is 16.1. The Labute approximate surface area is 165 Å². The second-order valence-electron chi connectivity index (χ2n) is 7.12. The number of anilines is 1. The third-order valence-electron chi connectivity index (χ3n) is 5.14. The molecule has 1 aliphatic rings. The SMILES string of the molecule is CC(C(=O)Nc1ccc([N+](=O)[O-])cc1)N1CCCN(Cc2ccccc2)CC1. The average Bonchev–Trinajstić information content (AvgIpc) is 2.94. The molecular formula is C21H26N4O3. The van der Waals surface area contributed by atoms with Gasteiger partial charge in [-0.2, -0.15) is 0 Å². The van der Waals surface area contributed by atoms with Crippen molar-refractivity contribution in [2.24, 2.45) is 0 Å². The monoisotopic (exact) mass is 382 g/mol. The maximum Gasteiger partial charge on any atom is 0.269 e. The van der Waals surface area contributed by atoms with Crippen LogP contribution in [0.4, 0.5) is 11.4 Å². The minimum Gasteiger partial charge on any atom is -0.325 e. The summed E-state index contributed by atoms with van der Waals surface area (Å²) in [5.41, 5.74) is 1.89. The number of non-ortho nitro benzene ring substituents is 1. The van der Waals surface area contributed by atoms with Crippen molar-refractivity contribution < 1.29 is 9.72 Å². The summed E-state index contributed by atoms with van der Waals surface area (Å²) in [5, 5.41) is 13.6. The Hall–Kier alpha value is -2.77. The molecule has 0 aliphatic carbocycles. The molecule has 1 aliphatic heterocycles. The molecule has 1 saturated heterocycles. The third kappa shape index (κ3) is 5.37. The molecule has 28 heavy (non-hydrogen) atoms. The van der Waals surface area contributed by atoms with E-state index in [0.717, 1.165) is 39.1 Å². The Balaban J connectivity index is 1.52. The number of nitro benzene ring substituents is 1. The molecule has 2 aromatic carbocycles. The van der Waals surface area contributed by atoms with E-state index in [4.69, 9.17) is 0 Å². The van der Waals surface area contributed by atoms with Crippen molar-refractivity contribution in [3.63, 3.8) is 0 Å². The lowest BCUT2D eigenvalue weighted by molar-refractivity contribution is -0.384. The van der Waals surface area contributed by atoms with Crippen LogP contribution in [0.3, 0.4) is 0 Å². The van der Waals surface area contributed by atoms with E-state index in [-0.39, 0.29) is 17.6 Å². The molecule has 7 heteroatoms. The van der Waals surface area contributed by atoms with E-state index in [2.05, 4.69) is 39.4 Å². The van der Waals surface area contributed by atoms with Crippen molar-refractivity contribution in [1.29, 1.82) is 0 Å². The van der Waals surface area contributed by atoms with Crippen molar-refractivity contribution in [2.45, 2.75) is 25.9 Å². The third-order valence-corrected chi connectivity index (χ3v) is 5.14. The molecule has 7 nitrogen and oxygen atoms in total. The van der Waals surface area contributed by atoms with Gasteiger partial charge in [-0.25, -0.2) is 0 Å². The molecule has 1 atom stereocenters. The Morgan fingerprint density at radius 2 is 1.79 bits per heavy atom. The molecular weight excluding hydrogens is 356 g/mol. The van der Waals surface area contributed by atoms with E-state index in [9.17, 15) is 14.9 Å². The van der Waals surface area contributed by atoms with Gasteiger partial charge in [-0.1, -0.05) is 30.3 Å². The van der Waals surface area contributed by atoms with Crippen molar-refractivity contribution in [3.8, 4) is 0 Å². The number of hydrogen-bond acceptors (Lipinski definition) is 5. The van der Waals surface area contributed by atoms with Gasteiger partial charge in [0, 0.05) is 44.0 Å². The Bertz CT molecular complexity index is 795. The van der Waals surface area contributed by atoms with E-state index in [1.807, 2.05) is 13.0 Å². The lowest BCUT2D eigenvalue weighted by Gasteiger charge is -2.27. The van der Waals surface area contributed by atoms with Gasteiger partial charge in [-0.05, 0) is 37.6 Å². The molecule has 0 saturated carbocycles. The second kappa shape index (κ2) is 9.43. The van der Waals surface area contributed by atoms with Gasteiger partial charge in [0.05, 0.1) is 11.0 Å². The molecule has 0 spiro atoms. The molecule has 0 radical (unpaired) electrons. The maximum atomic E-state index is 12.6. The van der Waals surface area contributed by atoms with Gasteiger partial charge in [0.25, 0.3) is 5.69 Å². The highest BCUT2D eigenvalue weighted by Crippen LogP contribution is 2.17. The molecule has 1 N–H and O–H groups in total. The van der Waals surface area contributed by atoms with Crippen LogP contribution in [-0.4, -0.2) is 52.9 Å². The van der Waals surface area contributed by atoms with E-state index in [1.165, 1.54) is 17.7 Å². The van der Waals surface area contributed by atoms with Gasteiger partial charge in [-0.15, -0.1) is 0 Å². The normalized spacial score (nSPS) is 16.9. The van der Waals surface area contributed by atoms with Crippen LogP contribution in [0.5, 0.6) is 0 Å². The van der Waals surface area contributed by atoms with Gasteiger partial charge in [0.2, 0.25) is 5.91 Å². The maximum absolute atomic E-state index is 12.6. The number of benzene rings is 2. The van der Waals surface area contributed by atoms with Crippen LogP contribution >= 0.6 is 0 Å². The van der Waals surface area contributed by atoms with Crippen LogP contribution in [0.25, 0.3) is 0 Å². The van der Waals surface area contributed by atoms with Crippen LogP contribution in [0, 0.1) is 10.1 Å². The lowest BCUT2D eigenvalue weighted by Crippen LogP contribution is -2.43. The summed E-state index contributed by atoms with van der Waals surface area (Å²) in [4.78, 5) is 27.5. The van der Waals surface area contributed by atoms with E-state index >= 15 is 0 Å². The zero-order chi connectivity index (χ0) is 19.9. The second-order valence-corrected chi connectivity index (χ2v) is 7.12. The van der Waals surface area contributed by atoms with Gasteiger partial charge < -0.3 is 5.32 Å². The highest BCUT2D eigenvalue weighted by atomic mass is 16.6. The fourth-order valence-electron chi connectivity index (χ4n) is 3.46. The smallest absolute Gasteiger partial charge is 0.269 e. The van der Waals surface area contributed by atoms with Crippen molar-refractivity contribution in [2.75, 3.05) is 31.5 Å². The Morgan fingerprint density at radius 1 is 1.07 bits per heavy atom. The number of nitro groups is 1.